The molecule has 0 radical (unpaired) electrons. The lowest BCUT2D eigenvalue weighted by atomic mass is 10.4. The van der Waals surface area contributed by atoms with Gasteiger partial charge in [-0.05, 0) is 12.1 Å². The van der Waals surface area contributed by atoms with E-state index in [9.17, 15) is 8.42 Å². The van der Waals surface area contributed by atoms with Gasteiger partial charge in [-0.3, -0.25) is 0 Å². The molecular formula is C9H11ClN2O2S2. The largest absolute Gasteiger partial charge is 0.393 e. The van der Waals surface area contributed by atoms with Crippen molar-refractivity contribution < 1.29 is 8.42 Å². The van der Waals surface area contributed by atoms with Crippen molar-refractivity contribution in [1.29, 1.82) is 0 Å². The van der Waals surface area contributed by atoms with E-state index in [-0.39, 0.29) is 21.5 Å². The lowest BCUT2D eigenvalue weighted by Crippen LogP contribution is -2.27. The first-order valence-corrected chi connectivity index (χ1v) is 6.73. The molecule has 0 bridgehead atoms. The molecule has 88 valence electrons. The maximum Gasteiger partial charge on any atom is 0.242 e. The highest BCUT2D eigenvalue weighted by molar-refractivity contribution is 7.89. The van der Waals surface area contributed by atoms with Crippen LogP contribution < -0.4 is 10.5 Å². The maximum atomic E-state index is 11.8. The van der Waals surface area contributed by atoms with Crippen molar-refractivity contribution in [2.24, 2.45) is 5.73 Å². The van der Waals surface area contributed by atoms with Gasteiger partial charge in [-0.25, -0.2) is 13.1 Å². The van der Waals surface area contributed by atoms with Crippen LogP contribution in [0.5, 0.6) is 0 Å². The Labute approximate surface area is 105 Å². The summed E-state index contributed by atoms with van der Waals surface area (Å²) >= 11 is 10.4. The van der Waals surface area contributed by atoms with E-state index in [4.69, 9.17) is 17.3 Å². The predicted octanol–water partition coefficient (Wildman–Crippen LogP) is 1.29. The molecule has 1 aromatic carbocycles. The Morgan fingerprint density at radius 3 is 2.62 bits per heavy atom. The zero-order valence-corrected chi connectivity index (χ0v) is 10.7. The number of rotatable bonds is 5. The maximum absolute atomic E-state index is 11.8. The monoisotopic (exact) mass is 278 g/mol. The third-order valence-electron chi connectivity index (χ3n) is 1.79. The fourth-order valence-corrected chi connectivity index (χ4v) is 2.70. The number of hydrogen-bond donors (Lipinski definition) is 2. The smallest absolute Gasteiger partial charge is 0.242 e. The molecule has 7 heteroatoms. The Kier molecular flexibility index (Phi) is 4.67. The average Bonchev–Trinajstić information content (AvgIpc) is 2.17. The highest BCUT2D eigenvalue weighted by atomic mass is 35.5. The first-order chi connectivity index (χ1) is 7.43. The zero-order chi connectivity index (χ0) is 12.2. The minimum absolute atomic E-state index is 0.0552. The van der Waals surface area contributed by atoms with Gasteiger partial charge >= 0.3 is 0 Å². The lowest BCUT2D eigenvalue weighted by molar-refractivity contribution is 0.583. The molecule has 0 amide bonds. The molecular weight excluding hydrogens is 268 g/mol. The van der Waals surface area contributed by atoms with Crippen LogP contribution in [0, 0.1) is 0 Å². The molecule has 0 aliphatic heterocycles. The van der Waals surface area contributed by atoms with E-state index in [0.29, 0.717) is 6.42 Å². The average molecular weight is 279 g/mol. The molecule has 3 N–H and O–H groups in total. The number of nitrogens with two attached hydrogens (primary N) is 1. The summed E-state index contributed by atoms with van der Waals surface area (Å²) in [5.41, 5.74) is 5.26. The Hall–Kier alpha value is -0.690. The number of hydrogen-bond acceptors (Lipinski definition) is 3. The summed E-state index contributed by atoms with van der Waals surface area (Å²) in [5.74, 6) is 0. The van der Waals surface area contributed by atoms with Gasteiger partial charge in [-0.1, -0.05) is 36.0 Å². The number of thiocarbonyl (C=S) groups is 1. The second-order valence-corrected chi connectivity index (χ2v) is 5.71. The second kappa shape index (κ2) is 5.58. The SMILES string of the molecule is NC(=S)CCNS(=O)(=O)c1ccccc1Cl. The van der Waals surface area contributed by atoms with Crippen LogP contribution in [-0.2, 0) is 10.0 Å². The van der Waals surface area contributed by atoms with Gasteiger partial charge in [0.25, 0.3) is 0 Å². The van der Waals surface area contributed by atoms with Gasteiger partial charge in [0.15, 0.2) is 0 Å². The molecule has 1 aromatic rings. The molecule has 4 nitrogen and oxygen atoms in total. The quantitative estimate of drug-likeness (QED) is 0.796. The molecule has 0 aliphatic rings. The fourth-order valence-electron chi connectivity index (χ4n) is 1.05. The van der Waals surface area contributed by atoms with Crippen molar-refractivity contribution in [3.63, 3.8) is 0 Å². The van der Waals surface area contributed by atoms with Crippen molar-refractivity contribution in [3.05, 3.63) is 29.3 Å². The van der Waals surface area contributed by atoms with E-state index in [1.54, 1.807) is 12.1 Å². The summed E-state index contributed by atoms with van der Waals surface area (Å²) < 4.78 is 25.9. The van der Waals surface area contributed by atoms with Crippen molar-refractivity contribution in [2.75, 3.05) is 6.54 Å². The molecule has 1 rings (SSSR count). The molecule has 0 atom stereocenters. The summed E-state index contributed by atoms with van der Waals surface area (Å²) in [6, 6.07) is 6.22. The summed E-state index contributed by atoms with van der Waals surface area (Å²) in [6.07, 6.45) is 0.318. The third-order valence-corrected chi connectivity index (χ3v) is 3.95. The number of sulfonamides is 1. The van der Waals surface area contributed by atoms with Gasteiger partial charge in [-0.15, -0.1) is 0 Å². The van der Waals surface area contributed by atoms with Crippen LogP contribution in [0.1, 0.15) is 6.42 Å². The Bertz CT molecular complexity index is 488. The summed E-state index contributed by atoms with van der Waals surface area (Å²) in [6.45, 7) is 0.170. The molecule has 0 aromatic heterocycles. The van der Waals surface area contributed by atoms with Gasteiger partial charge < -0.3 is 5.73 Å². The van der Waals surface area contributed by atoms with E-state index in [1.165, 1.54) is 12.1 Å². The molecule has 0 saturated carbocycles. The molecule has 0 unspecified atom stereocenters. The molecule has 0 heterocycles. The van der Waals surface area contributed by atoms with Crippen molar-refractivity contribution in [1.82, 2.24) is 4.72 Å². The predicted molar refractivity (Wildman–Crippen MR) is 68.0 cm³/mol. The standard InChI is InChI=1S/C9H11ClN2O2S2/c10-7-3-1-2-4-8(7)16(13,14)12-6-5-9(11)15/h1-4,12H,5-6H2,(H2,11,15). The third kappa shape index (κ3) is 3.71. The molecule has 16 heavy (non-hydrogen) atoms. The summed E-state index contributed by atoms with van der Waals surface area (Å²) in [4.78, 5) is 0.321. The number of nitrogens with one attached hydrogen (secondary N) is 1. The lowest BCUT2D eigenvalue weighted by Gasteiger charge is -2.07. The second-order valence-electron chi connectivity index (χ2n) is 3.04. The fraction of sp³-hybridized carbons (Fsp3) is 0.222. The van der Waals surface area contributed by atoms with E-state index in [1.807, 2.05) is 0 Å². The van der Waals surface area contributed by atoms with Crippen molar-refractivity contribution >= 4 is 38.8 Å². The van der Waals surface area contributed by atoms with Crippen LogP contribution in [0.4, 0.5) is 0 Å². The molecule has 0 spiro atoms. The molecule has 0 saturated heterocycles. The first kappa shape index (κ1) is 13.4. The van der Waals surface area contributed by atoms with Gasteiger partial charge in [0, 0.05) is 13.0 Å². The minimum Gasteiger partial charge on any atom is -0.393 e. The molecule has 0 fully saturated rings. The van der Waals surface area contributed by atoms with Crippen LogP contribution in [0.2, 0.25) is 5.02 Å². The number of halogens is 1. The van der Waals surface area contributed by atoms with Gasteiger partial charge in [0.05, 0.1) is 10.0 Å². The topological polar surface area (TPSA) is 72.2 Å². The van der Waals surface area contributed by atoms with Crippen LogP contribution in [-0.4, -0.2) is 20.0 Å². The van der Waals surface area contributed by atoms with E-state index >= 15 is 0 Å². The first-order valence-electron chi connectivity index (χ1n) is 4.46. The van der Waals surface area contributed by atoms with Crippen LogP contribution in [0.15, 0.2) is 29.2 Å². The Morgan fingerprint density at radius 1 is 1.44 bits per heavy atom. The van der Waals surface area contributed by atoms with E-state index < -0.39 is 10.0 Å². The Morgan fingerprint density at radius 2 is 2.06 bits per heavy atom. The minimum atomic E-state index is -3.58. The van der Waals surface area contributed by atoms with Crippen LogP contribution in [0.25, 0.3) is 0 Å². The van der Waals surface area contributed by atoms with E-state index in [0.717, 1.165) is 0 Å². The summed E-state index contributed by atoms with van der Waals surface area (Å²) in [5, 5.41) is 0.185. The van der Waals surface area contributed by atoms with E-state index in [2.05, 4.69) is 16.9 Å². The molecule has 0 aliphatic carbocycles. The Balaban J connectivity index is 2.79. The zero-order valence-electron chi connectivity index (χ0n) is 8.31. The normalized spacial score (nSPS) is 11.3. The highest BCUT2D eigenvalue weighted by Gasteiger charge is 2.16. The van der Waals surface area contributed by atoms with Crippen LogP contribution >= 0.6 is 23.8 Å². The van der Waals surface area contributed by atoms with Gasteiger partial charge in [0.2, 0.25) is 10.0 Å². The summed E-state index contributed by atoms with van der Waals surface area (Å²) in [7, 11) is -3.58. The van der Waals surface area contributed by atoms with Crippen molar-refractivity contribution in [2.45, 2.75) is 11.3 Å². The van der Waals surface area contributed by atoms with Gasteiger partial charge in [-0.2, -0.15) is 0 Å². The highest BCUT2D eigenvalue weighted by Crippen LogP contribution is 2.19. The van der Waals surface area contributed by atoms with Gasteiger partial charge in [0.1, 0.15) is 4.90 Å². The van der Waals surface area contributed by atoms with Crippen LogP contribution in [0.3, 0.4) is 0 Å². The number of benzene rings is 1. The van der Waals surface area contributed by atoms with Crippen molar-refractivity contribution in [3.8, 4) is 0 Å².